The topological polar surface area (TPSA) is 39.8 Å². The average molecular weight is 351 g/mol. The molecule has 1 saturated carbocycles. The van der Waals surface area contributed by atoms with Crippen molar-refractivity contribution in [2.45, 2.75) is 44.9 Å². The molecule has 1 aromatic rings. The Morgan fingerprint density at radius 2 is 1.00 bits per heavy atom. The summed E-state index contributed by atoms with van der Waals surface area (Å²) in [6.45, 7) is 9.00. The van der Waals surface area contributed by atoms with Crippen LogP contribution >= 0.6 is 0 Å². The van der Waals surface area contributed by atoms with E-state index < -0.39 is 0 Å². The first kappa shape index (κ1) is 24.0. The van der Waals surface area contributed by atoms with E-state index in [1.165, 1.54) is 44.9 Å². The van der Waals surface area contributed by atoms with E-state index in [1.54, 1.807) is 0 Å². The summed E-state index contributed by atoms with van der Waals surface area (Å²) in [5.41, 5.74) is 0.826. The fourth-order valence-electron chi connectivity index (χ4n) is 1.76. The van der Waals surface area contributed by atoms with E-state index in [4.69, 9.17) is 15.7 Å². The second kappa shape index (κ2) is 23.1. The van der Waals surface area contributed by atoms with Crippen molar-refractivity contribution >= 4 is 0 Å². The quantitative estimate of drug-likeness (QED) is 0.220. The molecule has 0 bridgehead atoms. The van der Waals surface area contributed by atoms with E-state index in [0.717, 1.165) is 5.56 Å². The summed E-state index contributed by atoms with van der Waals surface area (Å²) in [4.78, 5) is 0. The Morgan fingerprint density at radius 3 is 1.20 bits per heavy atom. The van der Waals surface area contributed by atoms with Gasteiger partial charge in [0.1, 0.15) is 0 Å². The van der Waals surface area contributed by atoms with Crippen molar-refractivity contribution < 1.29 is 30.4 Å². The number of hydrogen-bond donors (Lipinski definition) is 0. The Kier molecular flexibility index (Phi) is 27.7. The molecule has 0 radical (unpaired) electrons. The van der Waals surface area contributed by atoms with Crippen molar-refractivity contribution in [1.29, 1.82) is 0 Å². The second-order valence-electron chi connectivity index (χ2n) is 3.97. The zero-order chi connectivity index (χ0) is 14.8. The molecular weight excluding hydrogens is 332 g/mol. The summed E-state index contributed by atoms with van der Waals surface area (Å²) >= 11 is 0. The minimum atomic E-state index is 0. The van der Waals surface area contributed by atoms with Crippen LogP contribution in [0.25, 0.3) is 0 Å². The van der Waals surface area contributed by atoms with Crippen molar-refractivity contribution in [3.8, 4) is 5.92 Å². The van der Waals surface area contributed by atoms with Gasteiger partial charge in [-0.25, -0.2) is 0 Å². The first-order valence-electron chi connectivity index (χ1n) is 6.32. The van der Waals surface area contributed by atoms with Gasteiger partial charge >= 0.3 is 43.7 Å². The number of rotatable bonds is 0. The predicted molar refractivity (Wildman–Crippen MR) is 72.9 cm³/mol. The van der Waals surface area contributed by atoms with Gasteiger partial charge in [0.05, 0.1) is 0 Å². The van der Waals surface area contributed by atoms with E-state index >= 15 is 0 Å². The SMILES string of the molecule is C1CCCCCC1.[C-]#Cc1ccccc1.[C-]#[O+].[C-]#[O+].[Mo+2]. The maximum Gasteiger partial charge on any atom is 2.00 e. The standard InChI is InChI=1S/C8H5.C7H14.2CO.Mo/c1-2-8-6-4-3-5-7-8;1-2-4-6-7-5-3-1;2*1-2;/h3-7H;1-7H2;;;/q-1;;;;+2. The van der Waals surface area contributed by atoms with Crippen LogP contribution in [0.2, 0.25) is 0 Å². The Morgan fingerprint density at radius 1 is 0.700 bits per heavy atom. The maximum atomic E-state index is 7.50. The average Bonchev–Trinajstić information content (AvgIpc) is 2.85. The molecule has 1 aliphatic rings. The molecule has 2 rings (SSSR count). The van der Waals surface area contributed by atoms with Crippen molar-refractivity contribution in [3.63, 3.8) is 0 Å². The number of hydrogen-bond acceptors (Lipinski definition) is 0. The third-order valence-corrected chi connectivity index (χ3v) is 2.67. The van der Waals surface area contributed by atoms with Gasteiger partial charge in [0, 0.05) is 0 Å². The molecule has 1 aromatic carbocycles. The molecule has 0 amide bonds. The normalized spacial score (nSPS) is 11.8. The summed E-state index contributed by atoms with van der Waals surface area (Å²) in [6.07, 6.45) is 17.2. The summed E-state index contributed by atoms with van der Waals surface area (Å²) in [6, 6.07) is 9.37. The van der Waals surface area contributed by atoms with E-state index in [0.29, 0.717) is 0 Å². The van der Waals surface area contributed by atoms with Gasteiger partial charge in [-0.3, -0.25) is 5.92 Å². The van der Waals surface area contributed by atoms with Crippen LogP contribution in [0.1, 0.15) is 50.5 Å². The van der Waals surface area contributed by atoms with Gasteiger partial charge in [-0.15, -0.1) is 17.7 Å². The molecule has 1 fully saturated rings. The molecule has 0 N–H and O–H groups in total. The summed E-state index contributed by atoms with van der Waals surface area (Å²) in [5.74, 6) is 2.28. The smallest absolute Gasteiger partial charge is 2.00 e. The van der Waals surface area contributed by atoms with E-state index in [1.807, 2.05) is 30.3 Å². The Balaban J connectivity index is -0.000000224. The van der Waals surface area contributed by atoms with Crippen LogP contribution in [0.15, 0.2) is 30.3 Å². The van der Waals surface area contributed by atoms with Crippen LogP contribution < -0.4 is 0 Å². The number of benzene rings is 1. The minimum absolute atomic E-state index is 0. The molecule has 0 saturated heterocycles. The Bertz CT molecular complexity index is 337. The second-order valence-corrected chi connectivity index (χ2v) is 3.97. The Labute approximate surface area is 137 Å². The zero-order valence-electron chi connectivity index (χ0n) is 11.6. The molecule has 0 atom stereocenters. The molecule has 104 valence electrons. The van der Waals surface area contributed by atoms with Crippen molar-refractivity contribution in [2.75, 3.05) is 0 Å². The van der Waals surface area contributed by atoms with E-state index in [9.17, 15) is 0 Å². The van der Waals surface area contributed by atoms with Crippen LogP contribution in [0.5, 0.6) is 0 Å². The molecular formula is C17H19MoO2+. The summed E-state index contributed by atoms with van der Waals surface area (Å²) in [7, 11) is 0. The molecule has 0 spiro atoms. The van der Waals surface area contributed by atoms with Crippen LogP contribution in [-0.4, -0.2) is 0 Å². The van der Waals surface area contributed by atoms with Crippen LogP contribution in [0.3, 0.4) is 0 Å². The van der Waals surface area contributed by atoms with Gasteiger partial charge in [-0.1, -0.05) is 63.1 Å². The molecule has 0 aliphatic heterocycles. The van der Waals surface area contributed by atoms with E-state index in [-0.39, 0.29) is 21.1 Å². The molecule has 0 heterocycles. The first-order valence-corrected chi connectivity index (χ1v) is 6.32. The molecule has 3 heteroatoms. The van der Waals surface area contributed by atoms with Gasteiger partial charge in [0.15, 0.2) is 0 Å². The van der Waals surface area contributed by atoms with Crippen molar-refractivity contribution in [1.82, 2.24) is 0 Å². The summed E-state index contributed by atoms with van der Waals surface area (Å²) < 4.78 is 15.0. The third-order valence-electron chi connectivity index (χ3n) is 2.67. The molecule has 20 heavy (non-hydrogen) atoms. The first-order chi connectivity index (χ1) is 9.43. The van der Waals surface area contributed by atoms with E-state index in [2.05, 4.69) is 19.2 Å². The van der Waals surface area contributed by atoms with Crippen LogP contribution in [0.4, 0.5) is 0 Å². The van der Waals surface area contributed by atoms with Crippen molar-refractivity contribution in [2.24, 2.45) is 0 Å². The van der Waals surface area contributed by atoms with Gasteiger partial charge in [-0.2, -0.15) is 0 Å². The third kappa shape index (κ3) is 16.9. The molecule has 2 nitrogen and oxygen atoms in total. The Hall–Kier alpha value is -1.05. The zero-order valence-corrected chi connectivity index (χ0v) is 13.6. The minimum Gasteiger partial charge on any atom is 2.00 e. The molecule has 1 aliphatic carbocycles. The van der Waals surface area contributed by atoms with Crippen molar-refractivity contribution in [3.05, 3.63) is 55.6 Å². The van der Waals surface area contributed by atoms with Gasteiger partial charge in [-0.05, 0) is 0 Å². The predicted octanol–water partition coefficient (Wildman–Crippen LogP) is 4.28. The summed E-state index contributed by atoms with van der Waals surface area (Å²) in [5, 5.41) is 0. The van der Waals surface area contributed by atoms with Crippen LogP contribution in [-0.2, 0) is 30.4 Å². The van der Waals surface area contributed by atoms with Gasteiger partial charge in [0.25, 0.3) is 0 Å². The largest absolute Gasteiger partial charge is 2.00 e. The van der Waals surface area contributed by atoms with Crippen LogP contribution in [0, 0.1) is 25.6 Å². The maximum absolute atomic E-state index is 7.50. The fraction of sp³-hybridized carbons (Fsp3) is 0.412. The van der Waals surface area contributed by atoms with Gasteiger partial charge in [0.2, 0.25) is 0 Å². The molecule has 0 aromatic heterocycles. The molecule has 0 unspecified atom stereocenters. The fourth-order valence-corrected chi connectivity index (χ4v) is 1.76. The monoisotopic (exact) mass is 353 g/mol. The van der Waals surface area contributed by atoms with Gasteiger partial charge < -0.3 is 6.42 Å².